The third-order valence-electron chi connectivity index (χ3n) is 5.53. The lowest BCUT2D eigenvalue weighted by Gasteiger charge is -2.40. The van der Waals surface area contributed by atoms with E-state index in [2.05, 4.69) is 24.2 Å². The van der Waals surface area contributed by atoms with Crippen molar-refractivity contribution in [3.63, 3.8) is 0 Å². The number of carbonyl (C=O) groups is 1. The molecule has 5 heteroatoms. The summed E-state index contributed by atoms with van der Waals surface area (Å²) < 4.78 is 13.8. The van der Waals surface area contributed by atoms with Crippen LogP contribution in [0.25, 0.3) is 0 Å². The quantitative estimate of drug-likeness (QED) is 0.813. The number of amidine groups is 1. The van der Waals surface area contributed by atoms with Gasteiger partial charge in [0.1, 0.15) is 17.2 Å². The molecule has 0 bridgehead atoms. The van der Waals surface area contributed by atoms with Crippen LogP contribution in [-0.4, -0.2) is 23.4 Å². The Morgan fingerprint density at radius 1 is 1.28 bits per heavy atom. The number of hydrogen-bond donors (Lipinski definition) is 1. The standard InChI is InChI=1S/C20H28FN3O/c1-3-13-20(4-2)18(22-16-10-6-5-7-11-16)23-19(25)24(20)17-12-8-9-15(21)14-17/h8-9,12,14,16H,3-7,10-11,13H2,1-2H3,(H,22,23,25). The van der Waals surface area contributed by atoms with Gasteiger partial charge >= 0.3 is 6.03 Å². The van der Waals surface area contributed by atoms with E-state index >= 15 is 0 Å². The second-order valence-electron chi connectivity index (χ2n) is 7.17. The van der Waals surface area contributed by atoms with Gasteiger partial charge in [-0.1, -0.05) is 45.6 Å². The average molecular weight is 345 g/mol. The van der Waals surface area contributed by atoms with Crippen LogP contribution < -0.4 is 10.2 Å². The number of rotatable bonds is 5. The van der Waals surface area contributed by atoms with Gasteiger partial charge in [0.05, 0.1) is 0 Å². The fraction of sp³-hybridized carbons (Fsp3) is 0.600. The van der Waals surface area contributed by atoms with Crippen molar-refractivity contribution in [3.8, 4) is 0 Å². The number of halogens is 1. The Kier molecular flexibility index (Phi) is 5.40. The molecule has 136 valence electrons. The van der Waals surface area contributed by atoms with E-state index in [9.17, 15) is 9.18 Å². The van der Waals surface area contributed by atoms with Crippen LogP contribution in [0.3, 0.4) is 0 Å². The number of amides is 2. The van der Waals surface area contributed by atoms with E-state index < -0.39 is 5.54 Å². The summed E-state index contributed by atoms with van der Waals surface area (Å²) in [7, 11) is 0. The van der Waals surface area contributed by atoms with Gasteiger partial charge < -0.3 is 5.32 Å². The molecule has 1 saturated carbocycles. The van der Waals surface area contributed by atoms with Crippen molar-refractivity contribution in [1.29, 1.82) is 0 Å². The van der Waals surface area contributed by atoms with E-state index in [1.54, 1.807) is 17.0 Å². The van der Waals surface area contributed by atoms with Gasteiger partial charge in [-0.05, 0) is 43.9 Å². The number of aliphatic imine (C=N–C) groups is 1. The van der Waals surface area contributed by atoms with Crippen LogP contribution in [0.1, 0.15) is 65.2 Å². The summed E-state index contributed by atoms with van der Waals surface area (Å²) in [4.78, 5) is 18.8. The molecule has 1 aromatic rings. The van der Waals surface area contributed by atoms with Crippen molar-refractivity contribution < 1.29 is 9.18 Å². The molecule has 1 atom stereocenters. The van der Waals surface area contributed by atoms with Crippen molar-refractivity contribution in [1.82, 2.24) is 5.32 Å². The molecule has 0 spiro atoms. The highest BCUT2D eigenvalue weighted by Gasteiger charge is 2.49. The van der Waals surface area contributed by atoms with Crippen LogP contribution in [-0.2, 0) is 0 Å². The van der Waals surface area contributed by atoms with Gasteiger partial charge in [-0.25, -0.2) is 9.18 Å². The SMILES string of the molecule is CCCC1(CC)C(NC2CCCCC2)=NC(=O)N1c1cccc(F)c1. The van der Waals surface area contributed by atoms with Crippen molar-refractivity contribution in [2.75, 3.05) is 4.90 Å². The predicted molar refractivity (Wildman–Crippen MR) is 99.6 cm³/mol. The minimum atomic E-state index is -0.503. The lowest BCUT2D eigenvalue weighted by Crippen LogP contribution is -2.57. The highest BCUT2D eigenvalue weighted by Crippen LogP contribution is 2.37. The molecule has 0 radical (unpaired) electrons. The van der Waals surface area contributed by atoms with Gasteiger partial charge in [0.15, 0.2) is 0 Å². The Bertz CT molecular complexity index is 654. The maximum absolute atomic E-state index is 13.8. The van der Waals surface area contributed by atoms with Crippen molar-refractivity contribution >= 4 is 17.6 Å². The van der Waals surface area contributed by atoms with E-state index in [1.165, 1.54) is 31.4 Å². The molecular formula is C20H28FN3O. The fourth-order valence-electron chi connectivity index (χ4n) is 4.26. The number of anilines is 1. The number of urea groups is 1. The van der Waals surface area contributed by atoms with Crippen LogP contribution in [0, 0.1) is 5.82 Å². The first-order valence-electron chi connectivity index (χ1n) is 9.56. The first-order valence-corrected chi connectivity index (χ1v) is 9.56. The molecule has 1 N–H and O–H groups in total. The van der Waals surface area contributed by atoms with E-state index in [4.69, 9.17) is 0 Å². The summed E-state index contributed by atoms with van der Waals surface area (Å²) in [6.45, 7) is 4.20. The fourth-order valence-corrected chi connectivity index (χ4v) is 4.26. The molecule has 1 heterocycles. The molecule has 1 unspecified atom stereocenters. The van der Waals surface area contributed by atoms with Crippen LogP contribution in [0.15, 0.2) is 29.3 Å². The lowest BCUT2D eigenvalue weighted by molar-refractivity contribution is 0.252. The van der Waals surface area contributed by atoms with E-state index in [0.29, 0.717) is 11.7 Å². The highest BCUT2D eigenvalue weighted by atomic mass is 19.1. The van der Waals surface area contributed by atoms with E-state index in [-0.39, 0.29) is 11.8 Å². The van der Waals surface area contributed by atoms with Gasteiger partial charge in [0, 0.05) is 11.7 Å². The van der Waals surface area contributed by atoms with Gasteiger partial charge in [-0.2, -0.15) is 4.99 Å². The van der Waals surface area contributed by atoms with Crippen LogP contribution >= 0.6 is 0 Å². The van der Waals surface area contributed by atoms with Gasteiger partial charge in [0.2, 0.25) is 0 Å². The van der Waals surface area contributed by atoms with Crippen molar-refractivity contribution in [3.05, 3.63) is 30.1 Å². The van der Waals surface area contributed by atoms with E-state index in [0.717, 1.165) is 37.9 Å². The molecule has 0 aromatic heterocycles. The van der Waals surface area contributed by atoms with E-state index in [1.807, 2.05) is 0 Å². The first-order chi connectivity index (χ1) is 12.1. The summed E-state index contributed by atoms with van der Waals surface area (Å²) in [6.07, 6.45) is 8.47. The molecule has 4 nitrogen and oxygen atoms in total. The Balaban J connectivity index is 1.94. The molecule has 2 amide bonds. The molecule has 1 aliphatic carbocycles. The second kappa shape index (κ2) is 7.54. The molecule has 1 aromatic carbocycles. The smallest absolute Gasteiger partial charge is 0.350 e. The number of nitrogens with zero attached hydrogens (tertiary/aromatic N) is 2. The molecule has 3 rings (SSSR count). The molecule has 1 aliphatic heterocycles. The number of carbonyl (C=O) groups excluding carboxylic acids is 1. The normalized spacial score (nSPS) is 24.5. The predicted octanol–water partition coefficient (Wildman–Crippen LogP) is 5.04. The summed E-state index contributed by atoms with van der Waals surface area (Å²) in [5, 5.41) is 3.58. The summed E-state index contributed by atoms with van der Waals surface area (Å²) in [5.41, 5.74) is 0.0846. The maximum atomic E-state index is 13.8. The second-order valence-corrected chi connectivity index (χ2v) is 7.17. The zero-order chi connectivity index (χ0) is 17.9. The minimum Gasteiger partial charge on any atom is -0.369 e. The highest BCUT2D eigenvalue weighted by molar-refractivity contribution is 6.16. The third-order valence-corrected chi connectivity index (χ3v) is 5.53. The largest absolute Gasteiger partial charge is 0.369 e. The minimum absolute atomic E-state index is 0.292. The van der Waals surface area contributed by atoms with Gasteiger partial charge in [0.25, 0.3) is 0 Å². The summed E-state index contributed by atoms with van der Waals surface area (Å²) >= 11 is 0. The topological polar surface area (TPSA) is 44.7 Å². The van der Waals surface area contributed by atoms with Crippen molar-refractivity contribution in [2.45, 2.75) is 76.8 Å². The molecule has 25 heavy (non-hydrogen) atoms. The Morgan fingerprint density at radius 3 is 2.68 bits per heavy atom. The summed E-state index contributed by atoms with van der Waals surface area (Å²) in [6, 6.07) is 6.36. The number of hydrogen-bond acceptors (Lipinski definition) is 2. The zero-order valence-corrected chi connectivity index (χ0v) is 15.2. The molecule has 1 fully saturated rings. The molecule has 2 aliphatic rings. The lowest BCUT2D eigenvalue weighted by atomic mass is 9.86. The molecular weight excluding hydrogens is 317 g/mol. The maximum Gasteiger partial charge on any atom is 0.350 e. The number of nitrogens with one attached hydrogen (secondary N) is 1. The van der Waals surface area contributed by atoms with Gasteiger partial charge in [-0.15, -0.1) is 0 Å². The monoisotopic (exact) mass is 345 g/mol. The Hall–Kier alpha value is -1.91. The Labute approximate surface area is 149 Å². The summed E-state index contributed by atoms with van der Waals surface area (Å²) in [5.74, 6) is 0.443. The average Bonchev–Trinajstić information content (AvgIpc) is 2.88. The number of benzene rings is 1. The van der Waals surface area contributed by atoms with Crippen LogP contribution in [0.5, 0.6) is 0 Å². The zero-order valence-electron chi connectivity index (χ0n) is 15.2. The van der Waals surface area contributed by atoms with Crippen molar-refractivity contribution in [2.24, 2.45) is 4.99 Å². The van der Waals surface area contributed by atoms with Crippen LogP contribution in [0.4, 0.5) is 14.9 Å². The van der Waals surface area contributed by atoms with Crippen LogP contribution in [0.2, 0.25) is 0 Å². The molecule has 0 saturated heterocycles. The third kappa shape index (κ3) is 3.42. The Morgan fingerprint density at radius 2 is 2.04 bits per heavy atom. The first kappa shape index (κ1) is 17.9. The van der Waals surface area contributed by atoms with Gasteiger partial charge in [-0.3, -0.25) is 4.90 Å².